The van der Waals surface area contributed by atoms with Gasteiger partial charge in [-0.05, 0) is 31.5 Å². The van der Waals surface area contributed by atoms with Crippen LogP contribution in [-0.4, -0.2) is 41.5 Å². The Morgan fingerprint density at radius 3 is 2.96 bits per heavy atom. The van der Waals surface area contributed by atoms with Crippen molar-refractivity contribution in [3.63, 3.8) is 0 Å². The molecule has 23 heavy (non-hydrogen) atoms. The number of hydrogen-bond donors (Lipinski definition) is 0. The number of amides is 1. The summed E-state index contributed by atoms with van der Waals surface area (Å²) in [5, 5.41) is 8.11. The minimum Gasteiger partial charge on any atom is -0.348 e. The van der Waals surface area contributed by atoms with Crippen molar-refractivity contribution in [3.05, 3.63) is 47.8 Å². The topological polar surface area (TPSA) is 68.3 Å². The van der Waals surface area contributed by atoms with Gasteiger partial charge in [0.15, 0.2) is 0 Å². The zero-order chi connectivity index (χ0) is 16.0. The predicted molar refractivity (Wildman–Crippen MR) is 84.0 cm³/mol. The number of rotatable bonds is 2. The second-order valence-electron chi connectivity index (χ2n) is 5.81. The van der Waals surface area contributed by atoms with Crippen LogP contribution < -0.4 is 0 Å². The maximum absolute atomic E-state index is 13.0. The summed E-state index contributed by atoms with van der Waals surface area (Å²) in [5.74, 6) is 0.690. The van der Waals surface area contributed by atoms with Gasteiger partial charge < -0.3 is 9.47 Å². The highest BCUT2D eigenvalue weighted by Crippen LogP contribution is 2.29. The second kappa shape index (κ2) is 5.19. The number of carbonyl (C=O) groups is 1. The molecule has 7 nitrogen and oxygen atoms in total. The summed E-state index contributed by atoms with van der Waals surface area (Å²) < 4.78 is 3.88. The first-order valence-electron chi connectivity index (χ1n) is 7.83. The number of carbonyl (C=O) groups excluding carboxylic acids is 1. The van der Waals surface area contributed by atoms with Crippen LogP contribution in [0.5, 0.6) is 0 Å². The molecular formula is C16H18N6O. The molecule has 118 valence electrons. The monoisotopic (exact) mass is 310 g/mol. The molecule has 1 aliphatic rings. The molecule has 0 N–H and O–H groups in total. The van der Waals surface area contributed by atoms with E-state index in [1.54, 1.807) is 10.6 Å². The number of aryl methyl sites for hydroxylation is 1. The number of fused-ring (bicyclic) bond motifs is 2. The largest absolute Gasteiger partial charge is 0.348 e. The van der Waals surface area contributed by atoms with Crippen molar-refractivity contribution in [1.82, 2.24) is 29.0 Å². The SMILES string of the molecule is CC[C@@H]1c2cccn2CCN1C(=O)c1nnc2nc(C)ccn12. The summed E-state index contributed by atoms with van der Waals surface area (Å²) in [6, 6.07) is 6.04. The van der Waals surface area contributed by atoms with E-state index >= 15 is 0 Å². The molecule has 0 fully saturated rings. The van der Waals surface area contributed by atoms with Gasteiger partial charge in [0.25, 0.3) is 11.7 Å². The maximum atomic E-state index is 13.0. The fourth-order valence-corrected chi connectivity index (χ4v) is 3.29. The Hall–Kier alpha value is -2.70. The Kier molecular flexibility index (Phi) is 3.14. The summed E-state index contributed by atoms with van der Waals surface area (Å²) in [7, 11) is 0. The Labute approximate surface area is 133 Å². The van der Waals surface area contributed by atoms with Gasteiger partial charge in [-0.2, -0.15) is 0 Å². The molecule has 0 unspecified atom stereocenters. The van der Waals surface area contributed by atoms with Gasteiger partial charge in [-0.3, -0.25) is 9.20 Å². The van der Waals surface area contributed by atoms with E-state index in [-0.39, 0.29) is 11.9 Å². The Balaban J connectivity index is 1.73. The smallest absolute Gasteiger partial charge is 0.292 e. The van der Waals surface area contributed by atoms with Crippen molar-refractivity contribution in [2.45, 2.75) is 32.9 Å². The number of nitrogens with zero attached hydrogens (tertiary/aromatic N) is 6. The maximum Gasteiger partial charge on any atom is 0.292 e. The van der Waals surface area contributed by atoms with Crippen LogP contribution in [-0.2, 0) is 6.54 Å². The van der Waals surface area contributed by atoms with Crippen LogP contribution in [0.15, 0.2) is 30.6 Å². The van der Waals surface area contributed by atoms with E-state index in [9.17, 15) is 4.79 Å². The van der Waals surface area contributed by atoms with Crippen LogP contribution in [0.3, 0.4) is 0 Å². The highest BCUT2D eigenvalue weighted by molar-refractivity contribution is 5.91. The van der Waals surface area contributed by atoms with Crippen LogP contribution in [0, 0.1) is 6.92 Å². The average molecular weight is 310 g/mol. The average Bonchev–Trinajstić information content (AvgIpc) is 3.19. The van der Waals surface area contributed by atoms with Crippen LogP contribution >= 0.6 is 0 Å². The lowest BCUT2D eigenvalue weighted by Crippen LogP contribution is -2.42. The first-order chi connectivity index (χ1) is 11.2. The summed E-state index contributed by atoms with van der Waals surface area (Å²) in [6.07, 6.45) is 4.74. The zero-order valence-corrected chi connectivity index (χ0v) is 13.2. The molecule has 1 aliphatic heterocycles. The number of hydrogen-bond acceptors (Lipinski definition) is 4. The van der Waals surface area contributed by atoms with Crippen molar-refractivity contribution < 1.29 is 4.79 Å². The van der Waals surface area contributed by atoms with E-state index in [1.165, 1.54) is 5.69 Å². The fourth-order valence-electron chi connectivity index (χ4n) is 3.29. The molecule has 3 aromatic rings. The molecule has 0 radical (unpaired) electrons. The van der Waals surface area contributed by atoms with E-state index in [2.05, 4.69) is 38.9 Å². The van der Waals surface area contributed by atoms with E-state index < -0.39 is 0 Å². The van der Waals surface area contributed by atoms with Crippen LogP contribution in [0.1, 0.15) is 41.4 Å². The zero-order valence-electron chi connectivity index (χ0n) is 13.2. The lowest BCUT2D eigenvalue weighted by atomic mass is 10.1. The second-order valence-corrected chi connectivity index (χ2v) is 5.81. The van der Waals surface area contributed by atoms with Gasteiger partial charge in [0.05, 0.1) is 6.04 Å². The van der Waals surface area contributed by atoms with Crippen LogP contribution in [0.2, 0.25) is 0 Å². The van der Waals surface area contributed by atoms with Crippen molar-refractivity contribution in [1.29, 1.82) is 0 Å². The van der Waals surface area contributed by atoms with E-state index in [0.29, 0.717) is 18.1 Å². The number of aromatic nitrogens is 5. The molecule has 0 saturated carbocycles. The minimum atomic E-state index is -0.0950. The molecule has 0 aromatic carbocycles. The fraction of sp³-hybridized carbons (Fsp3) is 0.375. The third-order valence-electron chi connectivity index (χ3n) is 4.42. The molecule has 0 aliphatic carbocycles. The summed E-state index contributed by atoms with van der Waals surface area (Å²) in [4.78, 5) is 19.2. The molecule has 4 heterocycles. The summed E-state index contributed by atoms with van der Waals surface area (Å²) in [5.41, 5.74) is 2.03. The predicted octanol–water partition coefficient (Wildman–Crippen LogP) is 1.84. The first kappa shape index (κ1) is 13.9. The standard InChI is InChI=1S/C16H18N6O/c1-3-12-13-5-4-7-20(13)9-10-21(12)15(23)14-18-19-16-17-11(2)6-8-22(14)16/h4-8,12H,3,9-10H2,1-2H3/t12-/m1/s1. The molecule has 0 saturated heterocycles. The van der Waals surface area contributed by atoms with Gasteiger partial charge in [-0.1, -0.05) is 6.92 Å². The molecule has 0 bridgehead atoms. The van der Waals surface area contributed by atoms with Crippen molar-refractivity contribution in [3.8, 4) is 0 Å². The minimum absolute atomic E-state index is 0.0667. The Morgan fingerprint density at radius 2 is 2.13 bits per heavy atom. The van der Waals surface area contributed by atoms with Gasteiger partial charge in [0, 0.05) is 36.9 Å². The highest BCUT2D eigenvalue weighted by atomic mass is 16.2. The Morgan fingerprint density at radius 1 is 1.26 bits per heavy atom. The quantitative estimate of drug-likeness (QED) is 0.724. The van der Waals surface area contributed by atoms with Crippen LogP contribution in [0.25, 0.3) is 5.78 Å². The van der Waals surface area contributed by atoms with Crippen molar-refractivity contribution in [2.75, 3.05) is 6.54 Å². The van der Waals surface area contributed by atoms with Gasteiger partial charge in [0.2, 0.25) is 5.82 Å². The third-order valence-corrected chi connectivity index (χ3v) is 4.42. The van der Waals surface area contributed by atoms with Gasteiger partial charge in [0.1, 0.15) is 0 Å². The van der Waals surface area contributed by atoms with Crippen LogP contribution in [0.4, 0.5) is 0 Å². The van der Waals surface area contributed by atoms with E-state index in [0.717, 1.165) is 18.7 Å². The van der Waals surface area contributed by atoms with Crippen molar-refractivity contribution >= 4 is 11.7 Å². The molecule has 0 spiro atoms. The lowest BCUT2D eigenvalue weighted by molar-refractivity contribution is 0.0603. The van der Waals surface area contributed by atoms with Gasteiger partial charge in [-0.25, -0.2) is 4.98 Å². The van der Waals surface area contributed by atoms with E-state index in [1.807, 2.05) is 24.0 Å². The molecule has 4 rings (SSSR count). The molecule has 7 heteroatoms. The molecule has 1 atom stereocenters. The van der Waals surface area contributed by atoms with Crippen molar-refractivity contribution in [2.24, 2.45) is 0 Å². The van der Waals surface area contributed by atoms with E-state index in [4.69, 9.17) is 0 Å². The third kappa shape index (κ3) is 2.11. The summed E-state index contributed by atoms with van der Waals surface area (Å²) in [6.45, 7) is 5.47. The Bertz CT molecular complexity index is 880. The lowest BCUT2D eigenvalue weighted by Gasteiger charge is -2.36. The molecular weight excluding hydrogens is 292 g/mol. The molecule has 3 aromatic heterocycles. The first-order valence-corrected chi connectivity index (χ1v) is 7.83. The van der Waals surface area contributed by atoms with Gasteiger partial charge >= 0.3 is 0 Å². The highest BCUT2D eigenvalue weighted by Gasteiger charge is 2.32. The molecule has 1 amide bonds. The normalized spacial score (nSPS) is 17.5. The summed E-state index contributed by atoms with van der Waals surface area (Å²) >= 11 is 0. The van der Waals surface area contributed by atoms with Gasteiger partial charge in [-0.15, -0.1) is 10.2 Å².